The first-order valence-corrected chi connectivity index (χ1v) is 14.8. The molecule has 1 aliphatic heterocycles. The Morgan fingerprint density at radius 1 is 1.02 bits per heavy atom. The van der Waals surface area contributed by atoms with Crippen molar-refractivity contribution in [1.82, 2.24) is 19.4 Å². The molecule has 1 aliphatic carbocycles. The molecule has 0 unspecified atom stereocenters. The first-order valence-electron chi connectivity index (χ1n) is 14.8. The molecule has 4 aromatic rings. The lowest BCUT2D eigenvalue weighted by Crippen LogP contribution is -2.42. The summed E-state index contributed by atoms with van der Waals surface area (Å²) in [5.41, 5.74) is 6.64. The van der Waals surface area contributed by atoms with Crippen LogP contribution >= 0.6 is 0 Å². The standard InChI is InChI=1S/C34H36N4O4/c1-3-33(40)42-32-21-27(24-7-5-4-6-8-24)34(38(32)22-31(39)37-15-17-41-18-16-37)26-10-11-28-25(20-26)9-12-29(36-28)30-19-23(2)13-14-35-30/h3,9-14,19-21,24H,1,4-8,15-18,22H2,2H3. The molecule has 4 heterocycles. The Morgan fingerprint density at radius 3 is 2.60 bits per heavy atom. The predicted octanol–water partition coefficient (Wildman–Crippen LogP) is 6.07. The second-order valence-electron chi connectivity index (χ2n) is 11.1. The fraction of sp³-hybridized carbons (Fsp3) is 0.353. The third kappa shape index (κ3) is 5.85. The number of esters is 1. The van der Waals surface area contributed by atoms with E-state index >= 15 is 0 Å². The van der Waals surface area contributed by atoms with E-state index in [4.69, 9.17) is 14.5 Å². The molecule has 6 rings (SSSR count). The first kappa shape index (κ1) is 27.8. The largest absolute Gasteiger partial charge is 0.406 e. The monoisotopic (exact) mass is 564 g/mol. The highest BCUT2D eigenvalue weighted by atomic mass is 16.5. The normalized spacial score (nSPS) is 16.0. The van der Waals surface area contributed by atoms with E-state index in [1.54, 1.807) is 6.20 Å². The van der Waals surface area contributed by atoms with Crippen molar-refractivity contribution in [1.29, 1.82) is 0 Å². The number of fused-ring (bicyclic) bond motifs is 1. The first-order chi connectivity index (χ1) is 20.5. The highest BCUT2D eigenvalue weighted by Crippen LogP contribution is 2.43. The summed E-state index contributed by atoms with van der Waals surface area (Å²) in [7, 11) is 0. The Hall–Kier alpha value is -4.30. The molecule has 2 aliphatic rings. The predicted molar refractivity (Wildman–Crippen MR) is 162 cm³/mol. The van der Waals surface area contributed by atoms with Crippen LogP contribution in [0.3, 0.4) is 0 Å². The summed E-state index contributed by atoms with van der Waals surface area (Å²) in [5.74, 6) is 0.114. The average Bonchev–Trinajstić information content (AvgIpc) is 3.38. The number of pyridine rings is 2. The fourth-order valence-electron chi connectivity index (χ4n) is 6.12. The Morgan fingerprint density at radius 2 is 1.83 bits per heavy atom. The van der Waals surface area contributed by atoms with Crippen LogP contribution in [0.5, 0.6) is 5.88 Å². The van der Waals surface area contributed by atoms with E-state index in [0.717, 1.165) is 76.4 Å². The van der Waals surface area contributed by atoms with Gasteiger partial charge in [0.25, 0.3) is 0 Å². The van der Waals surface area contributed by atoms with Gasteiger partial charge in [0.15, 0.2) is 0 Å². The van der Waals surface area contributed by atoms with Gasteiger partial charge in [0, 0.05) is 36.8 Å². The van der Waals surface area contributed by atoms with Gasteiger partial charge in [-0.1, -0.05) is 38.0 Å². The van der Waals surface area contributed by atoms with Gasteiger partial charge >= 0.3 is 5.97 Å². The summed E-state index contributed by atoms with van der Waals surface area (Å²) in [4.78, 5) is 37.2. The highest BCUT2D eigenvalue weighted by Gasteiger charge is 2.28. The number of nitrogens with zero attached hydrogens (tertiary/aromatic N) is 4. The molecule has 1 amide bonds. The zero-order valence-corrected chi connectivity index (χ0v) is 24.1. The van der Waals surface area contributed by atoms with Crippen LogP contribution in [0.2, 0.25) is 0 Å². The van der Waals surface area contributed by atoms with Crippen LogP contribution in [-0.2, 0) is 20.9 Å². The number of benzene rings is 1. The van der Waals surface area contributed by atoms with E-state index < -0.39 is 5.97 Å². The van der Waals surface area contributed by atoms with E-state index in [1.807, 2.05) is 46.7 Å². The zero-order valence-electron chi connectivity index (χ0n) is 24.1. The minimum Gasteiger partial charge on any atom is -0.406 e. The lowest BCUT2D eigenvalue weighted by Gasteiger charge is -2.28. The number of carbonyl (C=O) groups excluding carboxylic acids is 2. The summed E-state index contributed by atoms with van der Waals surface area (Å²) in [6.45, 7) is 7.83. The van der Waals surface area contributed by atoms with Crippen molar-refractivity contribution in [3.05, 3.63) is 78.5 Å². The lowest BCUT2D eigenvalue weighted by molar-refractivity contribution is -0.136. The van der Waals surface area contributed by atoms with Gasteiger partial charge in [-0.3, -0.25) is 9.78 Å². The second kappa shape index (κ2) is 12.3. The van der Waals surface area contributed by atoms with Crippen molar-refractivity contribution < 1.29 is 19.1 Å². The maximum atomic E-state index is 13.5. The molecule has 8 heteroatoms. The molecule has 1 aromatic carbocycles. The molecule has 8 nitrogen and oxygen atoms in total. The Labute approximate surface area is 246 Å². The molecule has 0 bridgehead atoms. The third-order valence-electron chi connectivity index (χ3n) is 8.30. The number of hydrogen-bond donors (Lipinski definition) is 0. The van der Waals surface area contributed by atoms with Gasteiger partial charge < -0.3 is 18.9 Å². The number of morpholine rings is 1. The van der Waals surface area contributed by atoms with Gasteiger partial charge in [0.2, 0.25) is 11.8 Å². The Balaban J connectivity index is 1.45. The topological polar surface area (TPSA) is 86.5 Å². The summed E-state index contributed by atoms with van der Waals surface area (Å²) in [6.07, 6.45) is 8.61. The minimum atomic E-state index is -0.547. The summed E-state index contributed by atoms with van der Waals surface area (Å²) >= 11 is 0. The van der Waals surface area contributed by atoms with Crippen molar-refractivity contribution in [3.8, 4) is 28.5 Å². The van der Waals surface area contributed by atoms with Gasteiger partial charge in [-0.05, 0) is 72.7 Å². The van der Waals surface area contributed by atoms with E-state index in [0.29, 0.717) is 38.1 Å². The van der Waals surface area contributed by atoms with Crippen LogP contribution in [0, 0.1) is 6.92 Å². The van der Waals surface area contributed by atoms with Crippen LogP contribution in [-0.4, -0.2) is 57.6 Å². The molecule has 0 radical (unpaired) electrons. The van der Waals surface area contributed by atoms with Gasteiger partial charge in [-0.2, -0.15) is 0 Å². The average molecular weight is 565 g/mol. The van der Waals surface area contributed by atoms with Crippen LogP contribution in [0.25, 0.3) is 33.5 Å². The molecular formula is C34H36N4O4. The quantitative estimate of drug-likeness (QED) is 0.200. The smallest absolute Gasteiger partial charge is 0.336 e. The van der Waals surface area contributed by atoms with Crippen LogP contribution < -0.4 is 4.74 Å². The van der Waals surface area contributed by atoms with Crippen molar-refractivity contribution in [3.63, 3.8) is 0 Å². The van der Waals surface area contributed by atoms with Crippen molar-refractivity contribution in [2.24, 2.45) is 0 Å². The zero-order chi connectivity index (χ0) is 29.1. The van der Waals surface area contributed by atoms with Gasteiger partial charge in [-0.25, -0.2) is 9.78 Å². The minimum absolute atomic E-state index is 0.0287. The molecule has 216 valence electrons. The van der Waals surface area contributed by atoms with E-state index in [9.17, 15) is 9.59 Å². The molecule has 42 heavy (non-hydrogen) atoms. The number of aryl methyl sites for hydroxylation is 1. The second-order valence-corrected chi connectivity index (χ2v) is 11.1. The van der Waals surface area contributed by atoms with E-state index in [2.05, 4.69) is 29.8 Å². The van der Waals surface area contributed by atoms with Crippen molar-refractivity contribution in [2.45, 2.75) is 51.5 Å². The van der Waals surface area contributed by atoms with Crippen LogP contribution in [0.1, 0.15) is 49.1 Å². The summed E-state index contributed by atoms with van der Waals surface area (Å²) < 4.78 is 13.1. The van der Waals surface area contributed by atoms with Crippen LogP contribution in [0.4, 0.5) is 0 Å². The summed E-state index contributed by atoms with van der Waals surface area (Å²) in [5, 5.41) is 0.982. The fourth-order valence-corrected chi connectivity index (χ4v) is 6.12. The third-order valence-corrected chi connectivity index (χ3v) is 8.30. The number of amides is 1. The van der Waals surface area contributed by atoms with Gasteiger partial charge in [0.05, 0.1) is 35.8 Å². The SMILES string of the molecule is C=CC(=O)Oc1cc(C2CCCCC2)c(-c2ccc3nc(-c4cc(C)ccn4)ccc3c2)n1CC(=O)N1CCOCC1. The molecule has 2 fully saturated rings. The maximum Gasteiger partial charge on any atom is 0.336 e. The molecule has 0 N–H and O–H groups in total. The molecule has 1 saturated heterocycles. The molecule has 0 atom stereocenters. The Kier molecular flexibility index (Phi) is 8.15. The molecule has 1 saturated carbocycles. The van der Waals surface area contributed by atoms with Crippen molar-refractivity contribution in [2.75, 3.05) is 26.3 Å². The number of aromatic nitrogens is 3. The maximum absolute atomic E-state index is 13.5. The Bertz CT molecular complexity index is 1630. The summed E-state index contributed by atoms with van der Waals surface area (Å²) in [6, 6.07) is 16.2. The van der Waals surface area contributed by atoms with Crippen LogP contribution in [0.15, 0.2) is 67.4 Å². The molecule has 3 aromatic heterocycles. The number of rotatable bonds is 7. The van der Waals surface area contributed by atoms with Gasteiger partial charge in [-0.15, -0.1) is 0 Å². The van der Waals surface area contributed by atoms with Crippen molar-refractivity contribution >= 4 is 22.8 Å². The number of ether oxygens (including phenoxy) is 2. The lowest BCUT2D eigenvalue weighted by atomic mass is 9.83. The number of hydrogen-bond acceptors (Lipinski definition) is 6. The van der Waals surface area contributed by atoms with Gasteiger partial charge in [0.1, 0.15) is 6.54 Å². The molecule has 0 spiro atoms. The van der Waals surface area contributed by atoms with E-state index in [-0.39, 0.29) is 12.5 Å². The highest BCUT2D eigenvalue weighted by molar-refractivity contribution is 5.88. The van der Waals surface area contributed by atoms with E-state index in [1.165, 1.54) is 6.42 Å². The number of carbonyl (C=O) groups is 2. The molecular weight excluding hydrogens is 528 g/mol.